The first-order chi connectivity index (χ1) is 9.92. The molecular weight excluding hydrogens is 274 g/mol. The summed E-state index contributed by atoms with van der Waals surface area (Å²) in [5, 5.41) is 21.2. The van der Waals surface area contributed by atoms with Crippen molar-refractivity contribution in [1.82, 2.24) is 0 Å². The Morgan fingerprint density at radius 3 is 2.29 bits per heavy atom. The summed E-state index contributed by atoms with van der Waals surface area (Å²) in [6.45, 7) is 3.48. The summed E-state index contributed by atoms with van der Waals surface area (Å²) in [7, 11) is 0. The maximum atomic E-state index is 13.8. The number of aryl methyl sites for hydroxylation is 2. The molecule has 0 atom stereocenters. The van der Waals surface area contributed by atoms with Crippen molar-refractivity contribution in [2.45, 2.75) is 20.4 Å². The fourth-order valence-electron chi connectivity index (χ4n) is 2.01. The van der Waals surface area contributed by atoms with E-state index in [1.807, 2.05) is 0 Å². The lowest BCUT2D eigenvalue weighted by atomic mass is 10.1. The van der Waals surface area contributed by atoms with Crippen LogP contribution >= 0.6 is 0 Å². The topological polar surface area (TPSA) is 56.0 Å². The van der Waals surface area contributed by atoms with E-state index in [-0.39, 0.29) is 23.4 Å². The minimum atomic E-state index is -0.757. The second-order valence-electron chi connectivity index (χ2n) is 4.84. The Hall–Kier alpha value is -2.61. The zero-order valence-corrected chi connectivity index (χ0v) is 11.7. The third-order valence-electron chi connectivity index (χ3n) is 3.27. The number of nitrogens with one attached hydrogen (secondary N) is 1. The van der Waals surface area contributed by atoms with Gasteiger partial charge in [0.05, 0.1) is 11.6 Å². The first-order valence-corrected chi connectivity index (χ1v) is 6.34. The van der Waals surface area contributed by atoms with Gasteiger partial charge in [0.25, 0.3) is 0 Å². The molecule has 0 amide bonds. The molecule has 5 heteroatoms. The second-order valence-corrected chi connectivity index (χ2v) is 4.84. The van der Waals surface area contributed by atoms with Crippen LogP contribution < -0.4 is 5.32 Å². The van der Waals surface area contributed by atoms with Crippen LogP contribution in [0, 0.1) is 36.8 Å². The van der Waals surface area contributed by atoms with Gasteiger partial charge in [-0.25, -0.2) is 8.78 Å². The van der Waals surface area contributed by atoms with Crippen LogP contribution in [0.5, 0.6) is 5.75 Å². The number of benzene rings is 2. The molecule has 2 aromatic rings. The van der Waals surface area contributed by atoms with E-state index in [2.05, 4.69) is 5.32 Å². The molecule has 0 aliphatic carbocycles. The number of phenolic OH excluding ortho intramolecular Hbond substituents is 1. The molecule has 0 aromatic heterocycles. The molecule has 0 unspecified atom stereocenters. The molecule has 0 bridgehead atoms. The maximum absolute atomic E-state index is 13.8. The largest absolute Gasteiger partial charge is 0.508 e. The molecule has 0 aliphatic heterocycles. The zero-order chi connectivity index (χ0) is 15.6. The number of phenols is 1. The molecule has 0 spiro atoms. The van der Waals surface area contributed by atoms with Crippen molar-refractivity contribution >= 4 is 5.69 Å². The summed E-state index contributed by atoms with van der Waals surface area (Å²) < 4.78 is 27.5. The third-order valence-corrected chi connectivity index (χ3v) is 3.27. The van der Waals surface area contributed by atoms with Crippen molar-refractivity contribution in [3.63, 3.8) is 0 Å². The van der Waals surface area contributed by atoms with Crippen LogP contribution in [0.15, 0.2) is 24.3 Å². The van der Waals surface area contributed by atoms with Gasteiger partial charge >= 0.3 is 0 Å². The second kappa shape index (κ2) is 5.80. The number of halogens is 2. The number of hydrogen-bond acceptors (Lipinski definition) is 3. The molecule has 0 radical (unpaired) electrons. The predicted molar refractivity (Wildman–Crippen MR) is 76.0 cm³/mol. The van der Waals surface area contributed by atoms with E-state index in [4.69, 9.17) is 5.26 Å². The predicted octanol–water partition coefficient (Wildman–Crippen LogP) is 3.77. The zero-order valence-electron chi connectivity index (χ0n) is 11.7. The van der Waals surface area contributed by atoms with Crippen molar-refractivity contribution in [2.24, 2.45) is 0 Å². The van der Waals surface area contributed by atoms with Gasteiger partial charge in [-0.3, -0.25) is 0 Å². The van der Waals surface area contributed by atoms with Crippen molar-refractivity contribution in [2.75, 3.05) is 5.32 Å². The molecule has 2 rings (SSSR count). The number of hydrogen-bond donors (Lipinski definition) is 2. The van der Waals surface area contributed by atoms with E-state index in [1.54, 1.807) is 32.0 Å². The minimum Gasteiger partial charge on any atom is -0.508 e. The molecule has 108 valence electrons. The van der Waals surface area contributed by atoms with Crippen LogP contribution in [0.4, 0.5) is 14.5 Å². The Kier molecular flexibility index (Phi) is 4.08. The monoisotopic (exact) mass is 288 g/mol. The maximum Gasteiger partial charge on any atom is 0.132 e. The first kappa shape index (κ1) is 14.8. The first-order valence-electron chi connectivity index (χ1n) is 6.34. The van der Waals surface area contributed by atoms with Gasteiger partial charge in [0.2, 0.25) is 0 Å². The molecule has 2 N–H and O–H groups in total. The van der Waals surface area contributed by atoms with Crippen molar-refractivity contribution in [1.29, 1.82) is 5.26 Å². The summed E-state index contributed by atoms with van der Waals surface area (Å²) >= 11 is 0. The van der Waals surface area contributed by atoms with E-state index < -0.39 is 11.6 Å². The van der Waals surface area contributed by atoms with Crippen LogP contribution in [0.1, 0.15) is 22.3 Å². The Bertz CT molecular complexity index is 713. The van der Waals surface area contributed by atoms with Gasteiger partial charge in [-0.15, -0.1) is 0 Å². The molecule has 0 fully saturated rings. The van der Waals surface area contributed by atoms with Gasteiger partial charge in [-0.2, -0.15) is 5.26 Å². The average Bonchev–Trinajstić information content (AvgIpc) is 2.42. The minimum absolute atomic E-state index is 0.0472. The quantitative estimate of drug-likeness (QED) is 0.845. The number of rotatable bonds is 3. The summed E-state index contributed by atoms with van der Waals surface area (Å²) in [6.07, 6.45) is 0. The molecule has 0 aliphatic rings. The van der Waals surface area contributed by atoms with Crippen LogP contribution in [-0.4, -0.2) is 5.11 Å². The molecule has 2 aromatic carbocycles. The lowest BCUT2D eigenvalue weighted by molar-refractivity contribution is 0.471. The van der Waals surface area contributed by atoms with E-state index in [0.29, 0.717) is 11.3 Å². The van der Waals surface area contributed by atoms with Crippen LogP contribution in [0.2, 0.25) is 0 Å². The van der Waals surface area contributed by atoms with Gasteiger partial charge in [-0.1, -0.05) is 0 Å². The lowest BCUT2D eigenvalue weighted by Crippen LogP contribution is -2.06. The Balaban J connectivity index is 2.25. The molecular formula is C16H14F2N2O. The molecule has 0 heterocycles. The molecule has 0 saturated carbocycles. The SMILES string of the molecule is Cc1cc(NCc2c(F)cc(C#N)cc2F)c(C)cc1O. The highest BCUT2D eigenvalue weighted by Crippen LogP contribution is 2.26. The van der Waals surface area contributed by atoms with E-state index in [1.165, 1.54) is 0 Å². The van der Waals surface area contributed by atoms with Crippen LogP contribution in [0.25, 0.3) is 0 Å². The number of nitriles is 1. The molecule has 3 nitrogen and oxygen atoms in total. The highest BCUT2D eigenvalue weighted by molar-refractivity contribution is 5.57. The number of nitrogens with zero attached hydrogens (tertiary/aromatic N) is 1. The van der Waals surface area contributed by atoms with Gasteiger partial charge in [-0.05, 0) is 49.2 Å². The number of anilines is 1. The smallest absolute Gasteiger partial charge is 0.132 e. The van der Waals surface area contributed by atoms with Gasteiger partial charge in [0.1, 0.15) is 17.4 Å². The Morgan fingerprint density at radius 2 is 1.71 bits per heavy atom. The summed E-state index contributed by atoms with van der Waals surface area (Å²) in [5.74, 6) is -1.34. The van der Waals surface area contributed by atoms with Crippen LogP contribution in [-0.2, 0) is 6.54 Å². The van der Waals surface area contributed by atoms with E-state index in [0.717, 1.165) is 17.7 Å². The standard InChI is InChI=1S/C16H14F2N2O/c1-9-4-16(21)10(2)3-15(9)20-8-12-13(17)5-11(7-19)6-14(12)18/h3-6,20-21H,8H2,1-2H3. The van der Waals surface area contributed by atoms with Crippen molar-refractivity contribution < 1.29 is 13.9 Å². The van der Waals surface area contributed by atoms with Gasteiger partial charge in [0.15, 0.2) is 0 Å². The fourth-order valence-corrected chi connectivity index (χ4v) is 2.01. The summed E-state index contributed by atoms with van der Waals surface area (Å²) in [5.41, 5.74) is 1.95. The highest BCUT2D eigenvalue weighted by atomic mass is 19.1. The molecule has 21 heavy (non-hydrogen) atoms. The summed E-state index contributed by atoms with van der Waals surface area (Å²) in [6, 6.07) is 7.02. The van der Waals surface area contributed by atoms with Gasteiger partial charge in [0, 0.05) is 17.8 Å². The third kappa shape index (κ3) is 3.11. The highest BCUT2D eigenvalue weighted by Gasteiger charge is 2.12. The van der Waals surface area contributed by atoms with E-state index in [9.17, 15) is 13.9 Å². The van der Waals surface area contributed by atoms with Gasteiger partial charge < -0.3 is 10.4 Å². The van der Waals surface area contributed by atoms with Crippen molar-refractivity contribution in [3.8, 4) is 11.8 Å². The Morgan fingerprint density at radius 1 is 1.10 bits per heavy atom. The van der Waals surface area contributed by atoms with Crippen molar-refractivity contribution in [3.05, 3.63) is 58.2 Å². The molecule has 0 saturated heterocycles. The average molecular weight is 288 g/mol. The van der Waals surface area contributed by atoms with E-state index >= 15 is 0 Å². The number of aromatic hydroxyl groups is 1. The summed E-state index contributed by atoms with van der Waals surface area (Å²) in [4.78, 5) is 0. The van der Waals surface area contributed by atoms with Crippen LogP contribution in [0.3, 0.4) is 0 Å². The Labute approximate surface area is 121 Å². The normalized spacial score (nSPS) is 10.2. The lowest BCUT2D eigenvalue weighted by Gasteiger charge is -2.13. The fraction of sp³-hybridized carbons (Fsp3) is 0.188.